The van der Waals surface area contributed by atoms with Crippen LogP contribution >= 0.6 is 0 Å². The number of benzene rings is 1. The van der Waals surface area contributed by atoms with Crippen LogP contribution in [-0.4, -0.2) is 19.0 Å². The third-order valence-electron chi connectivity index (χ3n) is 4.74. The van der Waals surface area contributed by atoms with Crippen molar-refractivity contribution < 1.29 is 9.47 Å². The van der Waals surface area contributed by atoms with E-state index in [1.807, 2.05) is 18.2 Å². The molecule has 4 nitrogen and oxygen atoms in total. The van der Waals surface area contributed by atoms with Crippen molar-refractivity contribution in [2.75, 3.05) is 13.2 Å². The average molecular weight is 274 g/mol. The molecule has 3 rings (SSSR count). The SMILES string of the molecule is N/C=C(\N)C1(c2ccccc2)CCC2(CC1)OCCO2. The molecule has 1 heterocycles. The fourth-order valence-corrected chi connectivity index (χ4v) is 3.50. The largest absolute Gasteiger partial charge is 0.403 e. The van der Waals surface area contributed by atoms with Crippen molar-refractivity contribution in [1.82, 2.24) is 0 Å². The molecule has 4 heteroatoms. The highest BCUT2D eigenvalue weighted by atomic mass is 16.7. The molecule has 0 bridgehead atoms. The third kappa shape index (κ3) is 2.09. The van der Waals surface area contributed by atoms with E-state index in [-0.39, 0.29) is 11.2 Å². The van der Waals surface area contributed by atoms with Gasteiger partial charge in [-0.25, -0.2) is 0 Å². The second kappa shape index (κ2) is 5.11. The first-order valence-corrected chi connectivity index (χ1v) is 7.22. The molecule has 1 saturated heterocycles. The van der Waals surface area contributed by atoms with E-state index in [0.29, 0.717) is 13.2 Å². The smallest absolute Gasteiger partial charge is 0.168 e. The van der Waals surface area contributed by atoms with Gasteiger partial charge in [0.2, 0.25) is 0 Å². The van der Waals surface area contributed by atoms with Gasteiger partial charge >= 0.3 is 0 Å². The van der Waals surface area contributed by atoms with Crippen LogP contribution in [0.25, 0.3) is 0 Å². The summed E-state index contributed by atoms with van der Waals surface area (Å²) in [6.45, 7) is 1.39. The molecule has 1 saturated carbocycles. The summed E-state index contributed by atoms with van der Waals surface area (Å²) in [6.07, 6.45) is 5.06. The molecule has 0 radical (unpaired) electrons. The van der Waals surface area contributed by atoms with E-state index in [1.165, 1.54) is 5.56 Å². The summed E-state index contributed by atoms with van der Waals surface area (Å²) in [7, 11) is 0. The Morgan fingerprint density at radius 1 is 1.00 bits per heavy atom. The van der Waals surface area contributed by atoms with Gasteiger partial charge < -0.3 is 20.9 Å². The summed E-state index contributed by atoms with van der Waals surface area (Å²) in [5.74, 6) is -0.382. The lowest BCUT2D eigenvalue weighted by molar-refractivity contribution is -0.183. The van der Waals surface area contributed by atoms with Crippen LogP contribution in [0.5, 0.6) is 0 Å². The highest BCUT2D eigenvalue weighted by Gasteiger charge is 2.48. The summed E-state index contributed by atoms with van der Waals surface area (Å²) in [4.78, 5) is 0. The maximum absolute atomic E-state index is 6.26. The Labute approximate surface area is 119 Å². The second-order valence-electron chi connectivity index (χ2n) is 5.68. The van der Waals surface area contributed by atoms with Gasteiger partial charge in [-0.3, -0.25) is 0 Å². The van der Waals surface area contributed by atoms with Crippen molar-refractivity contribution in [1.29, 1.82) is 0 Å². The Morgan fingerprint density at radius 3 is 2.15 bits per heavy atom. The molecule has 1 aromatic carbocycles. The molecule has 1 spiro atoms. The monoisotopic (exact) mass is 274 g/mol. The van der Waals surface area contributed by atoms with Crippen LogP contribution in [0.2, 0.25) is 0 Å². The normalized spacial score (nSPS) is 24.9. The molecule has 0 atom stereocenters. The summed E-state index contributed by atoms with van der Waals surface area (Å²) in [5, 5.41) is 0. The summed E-state index contributed by atoms with van der Waals surface area (Å²) < 4.78 is 11.6. The number of allylic oxidation sites excluding steroid dienone is 1. The molecule has 1 aliphatic carbocycles. The highest BCUT2D eigenvalue weighted by molar-refractivity contribution is 5.36. The van der Waals surface area contributed by atoms with Gasteiger partial charge in [-0.05, 0) is 18.4 Å². The number of nitrogens with two attached hydrogens (primary N) is 2. The van der Waals surface area contributed by atoms with Crippen molar-refractivity contribution in [3.05, 3.63) is 47.8 Å². The van der Waals surface area contributed by atoms with Crippen LogP contribution < -0.4 is 11.5 Å². The molecule has 0 unspecified atom stereocenters. The van der Waals surface area contributed by atoms with E-state index in [0.717, 1.165) is 31.4 Å². The number of hydrogen-bond acceptors (Lipinski definition) is 4. The lowest BCUT2D eigenvalue weighted by atomic mass is 9.66. The summed E-state index contributed by atoms with van der Waals surface area (Å²) in [6, 6.07) is 10.4. The molecule has 1 aliphatic heterocycles. The van der Waals surface area contributed by atoms with Gasteiger partial charge in [0.25, 0.3) is 0 Å². The van der Waals surface area contributed by atoms with Crippen molar-refractivity contribution in [3.63, 3.8) is 0 Å². The van der Waals surface area contributed by atoms with Gasteiger partial charge in [0.15, 0.2) is 5.79 Å². The summed E-state index contributed by atoms with van der Waals surface area (Å²) >= 11 is 0. The second-order valence-corrected chi connectivity index (χ2v) is 5.68. The molecular formula is C16H22N2O2. The molecular weight excluding hydrogens is 252 g/mol. The van der Waals surface area contributed by atoms with E-state index in [1.54, 1.807) is 6.20 Å². The minimum Gasteiger partial charge on any atom is -0.403 e. The quantitative estimate of drug-likeness (QED) is 0.865. The van der Waals surface area contributed by atoms with E-state index in [2.05, 4.69) is 12.1 Å². The summed E-state index contributed by atoms with van der Waals surface area (Å²) in [5.41, 5.74) is 13.8. The molecule has 0 amide bonds. The van der Waals surface area contributed by atoms with Gasteiger partial charge in [0, 0.05) is 30.2 Å². The Hall–Kier alpha value is -1.52. The van der Waals surface area contributed by atoms with E-state index >= 15 is 0 Å². The Balaban J connectivity index is 1.90. The van der Waals surface area contributed by atoms with Crippen LogP contribution in [0, 0.1) is 0 Å². The maximum atomic E-state index is 6.26. The Bertz CT molecular complexity index is 482. The zero-order valence-corrected chi connectivity index (χ0v) is 11.7. The van der Waals surface area contributed by atoms with Gasteiger partial charge in [-0.2, -0.15) is 0 Å². The molecule has 2 fully saturated rings. The minimum atomic E-state index is -0.382. The van der Waals surface area contributed by atoms with Gasteiger partial charge in [-0.15, -0.1) is 0 Å². The Kier molecular flexibility index (Phi) is 3.44. The van der Waals surface area contributed by atoms with Crippen molar-refractivity contribution in [2.24, 2.45) is 11.5 Å². The minimum absolute atomic E-state index is 0.184. The molecule has 108 valence electrons. The topological polar surface area (TPSA) is 70.5 Å². The van der Waals surface area contributed by atoms with Crippen LogP contribution in [0.3, 0.4) is 0 Å². The zero-order chi connectivity index (χ0) is 14.1. The Morgan fingerprint density at radius 2 is 1.60 bits per heavy atom. The first kappa shape index (κ1) is 13.5. The molecule has 20 heavy (non-hydrogen) atoms. The van der Waals surface area contributed by atoms with E-state index in [4.69, 9.17) is 20.9 Å². The van der Waals surface area contributed by atoms with Gasteiger partial charge in [0.05, 0.1) is 13.2 Å². The van der Waals surface area contributed by atoms with Gasteiger partial charge in [-0.1, -0.05) is 30.3 Å². The number of ether oxygens (including phenoxy) is 2. The molecule has 1 aromatic rings. The zero-order valence-electron chi connectivity index (χ0n) is 11.7. The number of rotatable bonds is 2. The number of hydrogen-bond donors (Lipinski definition) is 2. The van der Waals surface area contributed by atoms with Crippen molar-refractivity contribution >= 4 is 0 Å². The fourth-order valence-electron chi connectivity index (χ4n) is 3.50. The predicted molar refractivity (Wildman–Crippen MR) is 77.7 cm³/mol. The van der Waals surface area contributed by atoms with E-state index in [9.17, 15) is 0 Å². The molecule has 4 N–H and O–H groups in total. The molecule has 2 aliphatic rings. The maximum Gasteiger partial charge on any atom is 0.168 e. The fraction of sp³-hybridized carbons (Fsp3) is 0.500. The van der Waals surface area contributed by atoms with Crippen LogP contribution in [0.15, 0.2) is 42.2 Å². The highest BCUT2D eigenvalue weighted by Crippen LogP contribution is 2.48. The third-order valence-corrected chi connectivity index (χ3v) is 4.74. The van der Waals surface area contributed by atoms with Gasteiger partial charge in [0.1, 0.15) is 0 Å². The first-order valence-electron chi connectivity index (χ1n) is 7.22. The average Bonchev–Trinajstić information content (AvgIpc) is 2.97. The van der Waals surface area contributed by atoms with E-state index < -0.39 is 0 Å². The standard InChI is InChI=1S/C16H22N2O2/c17-12-14(18)15(13-4-2-1-3-5-13)6-8-16(9-7-15)19-10-11-20-16/h1-5,12H,6-11,17-18H2/b14-12-. The lowest BCUT2D eigenvalue weighted by Gasteiger charge is -2.44. The van der Waals surface area contributed by atoms with Crippen LogP contribution in [0.1, 0.15) is 31.2 Å². The lowest BCUT2D eigenvalue weighted by Crippen LogP contribution is -2.45. The van der Waals surface area contributed by atoms with Crippen LogP contribution in [0.4, 0.5) is 0 Å². The molecule has 0 aromatic heterocycles. The first-order chi connectivity index (χ1) is 9.71. The van der Waals surface area contributed by atoms with Crippen LogP contribution in [-0.2, 0) is 14.9 Å². The van der Waals surface area contributed by atoms with Crippen molar-refractivity contribution in [3.8, 4) is 0 Å². The predicted octanol–water partition coefficient (Wildman–Crippen LogP) is 2.00. The van der Waals surface area contributed by atoms with Crippen molar-refractivity contribution in [2.45, 2.75) is 36.9 Å².